The van der Waals surface area contributed by atoms with E-state index in [-0.39, 0.29) is 17.6 Å². The molecule has 27 heavy (non-hydrogen) atoms. The third-order valence-corrected chi connectivity index (χ3v) is 4.94. The van der Waals surface area contributed by atoms with Gasteiger partial charge in [0.15, 0.2) is 5.76 Å². The Hall–Kier alpha value is -2.44. The molecule has 0 aliphatic carbocycles. The summed E-state index contributed by atoms with van der Waals surface area (Å²) in [5.41, 5.74) is 1.94. The number of carbonyl (C=O) groups excluding carboxylic acids is 2. The number of thioether (sulfide) groups is 1. The van der Waals surface area contributed by atoms with E-state index in [9.17, 15) is 9.59 Å². The van der Waals surface area contributed by atoms with Crippen LogP contribution in [0.5, 0.6) is 0 Å². The van der Waals surface area contributed by atoms with Crippen LogP contribution < -0.4 is 10.6 Å². The fraction of sp³-hybridized carbons (Fsp3) is 0.200. The number of hydrogen-bond acceptors (Lipinski definition) is 4. The fourth-order valence-corrected chi connectivity index (χ4v) is 3.28. The topological polar surface area (TPSA) is 67.4 Å². The zero-order valence-electron chi connectivity index (χ0n) is 14.5. The van der Waals surface area contributed by atoms with Crippen LogP contribution in [0, 0.1) is 0 Å². The van der Waals surface area contributed by atoms with Crippen LogP contribution >= 0.6 is 23.4 Å². The van der Waals surface area contributed by atoms with Crippen LogP contribution in [0.3, 0.4) is 0 Å². The van der Waals surface area contributed by atoms with Crippen LogP contribution in [0.4, 0.5) is 5.69 Å². The van der Waals surface area contributed by atoms with Crippen molar-refractivity contribution in [1.82, 2.24) is 5.32 Å². The second-order valence-corrected chi connectivity index (χ2v) is 7.25. The van der Waals surface area contributed by atoms with E-state index in [1.54, 1.807) is 29.7 Å². The van der Waals surface area contributed by atoms with Crippen molar-refractivity contribution in [2.75, 3.05) is 24.2 Å². The molecule has 0 fully saturated rings. The average molecular weight is 403 g/mol. The van der Waals surface area contributed by atoms with Gasteiger partial charge in [-0.05, 0) is 36.2 Å². The van der Waals surface area contributed by atoms with Crippen molar-refractivity contribution in [3.8, 4) is 0 Å². The third kappa shape index (κ3) is 5.52. The van der Waals surface area contributed by atoms with E-state index in [1.165, 1.54) is 11.8 Å². The summed E-state index contributed by atoms with van der Waals surface area (Å²) in [4.78, 5) is 24.8. The summed E-state index contributed by atoms with van der Waals surface area (Å²) in [6.07, 6.45) is 0.690. The van der Waals surface area contributed by atoms with Crippen LogP contribution in [0.2, 0.25) is 5.02 Å². The first-order valence-corrected chi connectivity index (χ1v) is 9.94. The van der Waals surface area contributed by atoms with Crippen molar-refractivity contribution in [1.29, 1.82) is 0 Å². The summed E-state index contributed by atoms with van der Waals surface area (Å²) in [6.45, 7) is 0.977. The molecule has 3 rings (SSSR count). The number of hydrogen-bond donors (Lipinski definition) is 2. The second-order valence-electron chi connectivity index (χ2n) is 5.83. The smallest absolute Gasteiger partial charge is 0.291 e. The van der Waals surface area contributed by atoms with Gasteiger partial charge in [0.1, 0.15) is 0 Å². The molecule has 1 aliphatic rings. The summed E-state index contributed by atoms with van der Waals surface area (Å²) in [6, 6.07) is 14.4. The van der Waals surface area contributed by atoms with Gasteiger partial charge in [0.25, 0.3) is 11.8 Å². The van der Waals surface area contributed by atoms with Crippen molar-refractivity contribution >= 4 is 40.9 Å². The molecule has 2 aromatic carbocycles. The molecule has 2 N–H and O–H groups in total. The number of amides is 2. The molecule has 2 aromatic rings. The highest BCUT2D eigenvalue weighted by Crippen LogP contribution is 2.20. The Morgan fingerprint density at radius 2 is 1.85 bits per heavy atom. The lowest BCUT2D eigenvalue weighted by atomic mass is 10.1. The van der Waals surface area contributed by atoms with Crippen LogP contribution in [0.1, 0.15) is 15.9 Å². The average Bonchev–Trinajstić information content (AvgIpc) is 2.70. The SMILES string of the molecule is O=C(Nc1ccccc1C(=O)NCCc1ccc(Cl)cc1)C1=CSCCO1. The molecule has 0 aromatic heterocycles. The van der Waals surface area contributed by atoms with Gasteiger partial charge in [-0.15, -0.1) is 11.8 Å². The number of nitrogens with one attached hydrogen (secondary N) is 2. The van der Waals surface area contributed by atoms with Gasteiger partial charge in [-0.3, -0.25) is 9.59 Å². The first-order valence-electron chi connectivity index (χ1n) is 8.51. The fourth-order valence-electron chi connectivity index (χ4n) is 2.53. The molecule has 0 spiro atoms. The Bertz CT molecular complexity index is 853. The molecule has 1 aliphatic heterocycles. The van der Waals surface area contributed by atoms with Gasteiger partial charge < -0.3 is 15.4 Å². The maximum Gasteiger partial charge on any atom is 0.291 e. The van der Waals surface area contributed by atoms with E-state index in [0.29, 0.717) is 35.8 Å². The van der Waals surface area contributed by atoms with Gasteiger partial charge in [0.05, 0.1) is 17.9 Å². The van der Waals surface area contributed by atoms with Crippen LogP contribution in [-0.4, -0.2) is 30.7 Å². The third-order valence-electron chi connectivity index (χ3n) is 3.91. The van der Waals surface area contributed by atoms with E-state index in [1.807, 2.05) is 24.3 Å². The van der Waals surface area contributed by atoms with Crippen molar-refractivity contribution in [2.24, 2.45) is 0 Å². The molecule has 5 nitrogen and oxygen atoms in total. The minimum Gasteiger partial charge on any atom is -0.487 e. The molecule has 0 saturated heterocycles. The lowest BCUT2D eigenvalue weighted by molar-refractivity contribution is -0.116. The number of carbonyl (C=O) groups is 2. The molecule has 2 amide bonds. The Morgan fingerprint density at radius 1 is 1.07 bits per heavy atom. The molecule has 1 heterocycles. The maximum absolute atomic E-state index is 12.5. The summed E-state index contributed by atoms with van der Waals surface area (Å²) < 4.78 is 5.35. The quantitative estimate of drug-likeness (QED) is 0.770. The van der Waals surface area contributed by atoms with Gasteiger partial charge in [-0.2, -0.15) is 0 Å². The largest absolute Gasteiger partial charge is 0.487 e. The molecule has 0 bridgehead atoms. The predicted octanol–water partition coefficient (Wildman–Crippen LogP) is 3.86. The molecule has 0 radical (unpaired) electrons. The van der Waals surface area contributed by atoms with E-state index in [0.717, 1.165) is 11.3 Å². The van der Waals surface area contributed by atoms with Crippen LogP contribution in [-0.2, 0) is 16.0 Å². The molecular formula is C20H19ClN2O3S. The highest BCUT2D eigenvalue weighted by molar-refractivity contribution is 8.02. The first kappa shape index (κ1) is 19.3. The zero-order chi connectivity index (χ0) is 19.1. The van der Waals surface area contributed by atoms with Crippen LogP contribution in [0.25, 0.3) is 0 Å². The molecule has 7 heteroatoms. The van der Waals surface area contributed by atoms with E-state index >= 15 is 0 Å². The van der Waals surface area contributed by atoms with Gasteiger partial charge >= 0.3 is 0 Å². The van der Waals surface area contributed by atoms with Crippen molar-refractivity contribution in [3.63, 3.8) is 0 Å². The Morgan fingerprint density at radius 3 is 2.59 bits per heavy atom. The number of anilines is 1. The summed E-state index contributed by atoms with van der Waals surface area (Å²) >= 11 is 7.40. The number of rotatable bonds is 6. The molecule has 0 unspecified atom stereocenters. The summed E-state index contributed by atoms with van der Waals surface area (Å²) in [5.74, 6) is 0.490. The molecular weight excluding hydrogens is 384 g/mol. The second kappa shape index (κ2) is 9.48. The Kier molecular flexibility index (Phi) is 6.79. The maximum atomic E-state index is 12.5. The lowest BCUT2D eigenvalue weighted by Gasteiger charge is -2.15. The van der Waals surface area contributed by atoms with Crippen LogP contribution in [0.15, 0.2) is 59.7 Å². The van der Waals surface area contributed by atoms with E-state index in [2.05, 4.69) is 10.6 Å². The Labute approximate surface area is 167 Å². The van der Waals surface area contributed by atoms with Crippen molar-refractivity contribution in [3.05, 3.63) is 75.8 Å². The highest BCUT2D eigenvalue weighted by Gasteiger charge is 2.17. The molecule has 0 atom stereocenters. The first-order chi connectivity index (χ1) is 13.1. The summed E-state index contributed by atoms with van der Waals surface area (Å²) in [7, 11) is 0. The Balaban J connectivity index is 1.60. The monoisotopic (exact) mass is 402 g/mol. The minimum atomic E-state index is -0.358. The highest BCUT2D eigenvalue weighted by atomic mass is 35.5. The van der Waals surface area contributed by atoms with Gasteiger partial charge in [-0.1, -0.05) is 35.9 Å². The molecule has 0 saturated carbocycles. The minimum absolute atomic E-state index is 0.243. The normalized spacial score (nSPS) is 13.3. The predicted molar refractivity (Wildman–Crippen MR) is 109 cm³/mol. The zero-order valence-corrected chi connectivity index (χ0v) is 16.1. The van der Waals surface area contributed by atoms with Crippen molar-refractivity contribution < 1.29 is 14.3 Å². The van der Waals surface area contributed by atoms with Gasteiger partial charge in [0, 0.05) is 22.7 Å². The summed E-state index contributed by atoms with van der Waals surface area (Å²) in [5, 5.41) is 8.01. The number of ether oxygens (including phenoxy) is 1. The van der Waals surface area contributed by atoms with Gasteiger partial charge in [-0.25, -0.2) is 0 Å². The number of halogens is 1. The van der Waals surface area contributed by atoms with Crippen molar-refractivity contribution in [2.45, 2.75) is 6.42 Å². The lowest BCUT2D eigenvalue weighted by Crippen LogP contribution is -2.27. The number of benzene rings is 2. The van der Waals surface area contributed by atoms with Gasteiger partial charge in [0.2, 0.25) is 0 Å². The van der Waals surface area contributed by atoms with E-state index in [4.69, 9.17) is 16.3 Å². The standard InChI is InChI=1S/C20H19ClN2O3S/c21-15-7-5-14(6-8-15)9-10-22-19(24)16-3-1-2-4-17(16)23-20(25)18-13-27-12-11-26-18/h1-8,13H,9-12H2,(H,22,24)(H,23,25). The molecule has 140 valence electrons. The van der Waals surface area contributed by atoms with E-state index < -0.39 is 0 Å². The number of para-hydroxylation sites is 1.